The van der Waals surface area contributed by atoms with Crippen molar-refractivity contribution in [1.29, 1.82) is 0 Å². The van der Waals surface area contributed by atoms with Gasteiger partial charge < -0.3 is 4.90 Å². The Morgan fingerprint density at radius 2 is 1.26 bits per heavy atom. The number of nitrogens with zero attached hydrogens (tertiary/aromatic N) is 4. The zero-order valence-corrected chi connectivity index (χ0v) is 22.8. The Bertz CT molecular complexity index is 2260. The molecule has 198 valence electrons. The third-order valence-corrected chi connectivity index (χ3v) is 8.64. The normalized spacial score (nSPS) is 17.9. The van der Waals surface area contributed by atoms with Crippen molar-refractivity contribution in [3.05, 3.63) is 151 Å². The monoisotopic (exact) mass is 538 g/mol. The second kappa shape index (κ2) is 9.02. The van der Waals surface area contributed by atoms with Gasteiger partial charge in [-0.2, -0.15) is 0 Å². The molecule has 3 heterocycles. The summed E-state index contributed by atoms with van der Waals surface area (Å²) in [5, 5.41) is 3.60. The van der Waals surface area contributed by atoms with Crippen LogP contribution in [0.4, 0.5) is 5.69 Å². The number of anilines is 1. The molecule has 0 fully saturated rings. The quantitative estimate of drug-likeness (QED) is 0.211. The topological polar surface area (TPSA) is 32.9 Å². The summed E-state index contributed by atoms with van der Waals surface area (Å²) < 4.78 is 2.30. The van der Waals surface area contributed by atoms with Crippen molar-refractivity contribution in [2.45, 2.75) is 12.1 Å². The lowest BCUT2D eigenvalue weighted by molar-refractivity contribution is 0.739. The largest absolute Gasteiger partial charge is 0.317 e. The van der Waals surface area contributed by atoms with Gasteiger partial charge in [-0.3, -0.25) is 9.39 Å². The van der Waals surface area contributed by atoms with Crippen LogP contribution in [-0.2, 0) is 0 Å². The molecule has 0 amide bonds. The Labute approximate surface area is 243 Å². The molecule has 0 bridgehead atoms. The van der Waals surface area contributed by atoms with Gasteiger partial charge >= 0.3 is 0 Å². The van der Waals surface area contributed by atoms with Crippen LogP contribution in [0.3, 0.4) is 0 Å². The van der Waals surface area contributed by atoms with Crippen molar-refractivity contribution in [3.63, 3.8) is 0 Å². The van der Waals surface area contributed by atoms with Crippen LogP contribution in [0.5, 0.6) is 0 Å². The standard InChI is InChI=1S/C38H26N4/c1-2-10-28(11-3-1)41-35-16-8-5-13-32(35)39-37(41)26-20-18-25(19-21-26)27-22-23-30-31(24-27)29-12-4-7-15-34(29)42-36-17-9-6-14-33(36)40-38(30)42/h1-24,32,35H. The number of amidine groups is 1. The zero-order chi connectivity index (χ0) is 27.6. The highest BCUT2D eigenvalue weighted by molar-refractivity contribution is 6.15. The van der Waals surface area contributed by atoms with Gasteiger partial charge in [0.15, 0.2) is 0 Å². The molecule has 2 aromatic heterocycles. The van der Waals surface area contributed by atoms with Gasteiger partial charge in [-0.1, -0.05) is 103 Å². The van der Waals surface area contributed by atoms with Crippen LogP contribution in [0.25, 0.3) is 49.5 Å². The van der Waals surface area contributed by atoms with E-state index in [1.54, 1.807) is 0 Å². The molecular weight excluding hydrogens is 512 g/mol. The Morgan fingerprint density at radius 1 is 0.548 bits per heavy atom. The molecule has 9 rings (SSSR count). The van der Waals surface area contributed by atoms with Crippen molar-refractivity contribution < 1.29 is 0 Å². The third kappa shape index (κ3) is 3.42. The molecule has 2 atom stereocenters. The van der Waals surface area contributed by atoms with E-state index in [1.807, 2.05) is 0 Å². The van der Waals surface area contributed by atoms with Gasteiger partial charge in [0.25, 0.3) is 0 Å². The fourth-order valence-electron chi connectivity index (χ4n) is 6.68. The molecule has 4 nitrogen and oxygen atoms in total. The van der Waals surface area contributed by atoms with Crippen LogP contribution in [-0.4, -0.2) is 27.3 Å². The minimum Gasteiger partial charge on any atom is -0.317 e. The van der Waals surface area contributed by atoms with Gasteiger partial charge in [0.1, 0.15) is 11.5 Å². The maximum atomic E-state index is 5.16. The van der Waals surface area contributed by atoms with Crippen LogP contribution >= 0.6 is 0 Å². The Hall–Kier alpha value is -5.48. The van der Waals surface area contributed by atoms with Crippen molar-refractivity contribution in [2.75, 3.05) is 4.90 Å². The Balaban J connectivity index is 1.16. The zero-order valence-electron chi connectivity index (χ0n) is 22.8. The first kappa shape index (κ1) is 23.2. The average molecular weight is 539 g/mol. The number of allylic oxidation sites excluding steroid dienone is 2. The van der Waals surface area contributed by atoms with Gasteiger partial charge in [0.2, 0.25) is 0 Å². The molecule has 0 radical (unpaired) electrons. The van der Waals surface area contributed by atoms with Crippen LogP contribution in [0.2, 0.25) is 0 Å². The summed E-state index contributed by atoms with van der Waals surface area (Å²) in [6, 6.07) is 43.5. The van der Waals surface area contributed by atoms with E-state index < -0.39 is 0 Å². The highest BCUT2D eigenvalue weighted by Gasteiger charge is 2.35. The molecule has 0 saturated heterocycles. The first-order valence-corrected chi connectivity index (χ1v) is 14.4. The first-order valence-electron chi connectivity index (χ1n) is 14.4. The molecule has 0 N–H and O–H groups in total. The predicted octanol–water partition coefficient (Wildman–Crippen LogP) is 8.59. The number of pyridine rings is 1. The Morgan fingerprint density at radius 3 is 2.14 bits per heavy atom. The van der Waals surface area contributed by atoms with Crippen molar-refractivity contribution in [2.24, 2.45) is 4.99 Å². The van der Waals surface area contributed by atoms with E-state index in [0.29, 0.717) is 0 Å². The van der Waals surface area contributed by atoms with Crippen LogP contribution in [0, 0.1) is 0 Å². The number of benzene rings is 5. The summed E-state index contributed by atoms with van der Waals surface area (Å²) in [7, 11) is 0. The predicted molar refractivity (Wildman–Crippen MR) is 174 cm³/mol. The van der Waals surface area contributed by atoms with E-state index in [2.05, 4.69) is 155 Å². The van der Waals surface area contributed by atoms with Crippen molar-refractivity contribution in [1.82, 2.24) is 9.38 Å². The maximum absolute atomic E-state index is 5.16. The summed E-state index contributed by atoms with van der Waals surface area (Å²) in [5.74, 6) is 1.01. The second-order valence-electron chi connectivity index (χ2n) is 11.0. The molecule has 42 heavy (non-hydrogen) atoms. The van der Waals surface area contributed by atoms with E-state index in [-0.39, 0.29) is 12.1 Å². The van der Waals surface area contributed by atoms with E-state index in [0.717, 1.165) is 39.2 Å². The summed E-state index contributed by atoms with van der Waals surface area (Å²) in [6.07, 6.45) is 8.67. The lowest BCUT2D eigenvalue weighted by Crippen LogP contribution is -2.39. The molecule has 1 aliphatic carbocycles. The van der Waals surface area contributed by atoms with Crippen LogP contribution in [0.1, 0.15) is 5.56 Å². The SMILES string of the molecule is C1=CC2N=C(c3ccc(-c4ccc5c(c4)c4ccccc4n4c6ccccc6nc54)cc3)N(c3ccccc3)C2C=C1. The average Bonchev–Trinajstić information content (AvgIpc) is 3.65. The van der Waals surface area contributed by atoms with E-state index in [4.69, 9.17) is 9.98 Å². The number of aromatic nitrogens is 2. The summed E-state index contributed by atoms with van der Waals surface area (Å²) in [4.78, 5) is 12.6. The third-order valence-electron chi connectivity index (χ3n) is 8.64. The number of fused-ring (bicyclic) bond motifs is 9. The number of hydrogen-bond donors (Lipinski definition) is 0. The molecule has 0 spiro atoms. The number of rotatable bonds is 3. The molecule has 1 aliphatic heterocycles. The van der Waals surface area contributed by atoms with Gasteiger partial charge in [0.05, 0.1) is 28.6 Å². The number of para-hydroxylation sites is 4. The second-order valence-corrected chi connectivity index (χ2v) is 11.0. The minimum absolute atomic E-state index is 0.120. The van der Waals surface area contributed by atoms with E-state index in [1.165, 1.54) is 27.4 Å². The van der Waals surface area contributed by atoms with Gasteiger partial charge in [0, 0.05) is 22.0 Å². The molecule has 7 aromatic rings. The summed E-state index contributed by atoms with van der Waals surface area (Å²) in [5.41, 5.74) is 8.97. The van der Waals surface area contributed by atoms with E-state index >= 15 is 0 Å². The van der Waals surface area contributed by atoms with Crippen LogP contribution < -0.4 is 4.90 Å². The highest BCUT2D eigenvalue weighted by atomic mass is 15.3. The van der Waals surface area contributed by atoms with Gasteiger partial charge in [-0.15, -0.1) is 0 Å². The van der Waals surface area contributed by atoms with Crippen molar-refractivity contribution >= 4 is 49.9 Å². The highest BCUT2D eigenvalue weighted by Crippen LogP contribution is 2.36. The molecule has 2 unspecified atom stereocenters. The van der Waals surface area contributed by atoms with Crippen LogP contribution in [0.15, 0.2) is 151 Å². The fraction of sp³-hybridized carbons (Fsp3) is 0.0526. The molecular formula is C38H26N4. The molecule has 5 aromatic carbocycles. The maximum Gasteiger partial charge on any atom is 0.146 e. The number of aliphatic imine (C=N–C) groups is 1. The van der Waals surface area contributed by atoms with Gasteiger partial charge in [-0.05, 0) is 59.0 Å². The minimum atomic E-state index is 0.120. The summed E-state index contributed by atoms with van der Waals surface area (Å²) >= 11 is 0. The first-order chi connectivity index (χ1) is 20.8. The number of imidazole rings is 1. The fourth-order valence-corrected chi connectivity index (χ4v) is 6.68. The lowest BCUT2D eigenvalue weighted by Gasteiger charge is -2.29. The molecule has 4 heteroatoms. The summed E-state index contributed by atoms with van der Waals surface area (Å²) in [6.45, 7) is 0. The molecule has 0 saturated carbocycles. The number of hydrogen-bond acceptors (Lipinski definition) is 3. The molecule has 2 aliphatic rings. The van der Waals surface area contributed by atoms with Crippen molar-refractivity contribution in [3.8, 4) is 11.1 Å². The lowest BCUT2D eigenvalue weighted by atomic mass is 9.98. The smallest absolute Gasteiger partial charge is 0.146 e. The van der Waals surface area contributed by atoms with Gasteiger partial charge in [-0.25, -0.2) is 4.98 Å². The Kier molecular flexibility index (Phi) is 4.99. The van der Waals surface area contributed by atoms with E-state index in [9.17, 15) is 0 Å².